The van der Waals surface area contributed by atoms with Gasteiger partial charge in [-0.05, 0) is 61.7 Å². The summed E-state index contributed by atoms with van der Waals surface area (Å²) in [5.41, 5.74) is 2.18. The Morgan fingerprint density at radius 3 is 1.96 bits per heavy atom. The van der Waals surface area contributed by atoms with Crippen molar-refractivity contribution in [1.82, 2.24) is 20.6 Å². The van der Waals surface area contributed by atoms with Gasteiger partial charge in [-0.1, -0.05) is 6.07 Å². The molecule has 0 spiro atoms. The molecule has 1 heterocycles. The van der Waals surface area contributed by atoms with Gasteiger partial charge in [-0.3, -0.25) is 19.2 Å². The SMILES string of the molecule is Cc1nc2ccc(CN(C)c3ccc(C(=O)N[C@@H](CCC(=O)N[C@H](CCC(=O)O)C(=O)O)C(=O)O)cc3)cc2c(=O)[nH]1.O=C(O)C(F)(F)F. The third kappa shape index (κ3) is 12.6. The number of carboxylic acid groups (broad SMARTS) is 4. The second-order valence-corrected chi connectivity index (χ2v) is 10.5. The van der Waals surface area contributed by atoms with Gasteiger partial charge in [-0.15, -0.1) is 0 Å². The monoisotopic (exact) mass is 695 g/mol. The highest BCUT2D eigenvalue weighted by molar-refractivity contribution is 5.97. The zero-order valence-corrected chi connectivity index (χ0v) is 25.9. The third-order valence-electron chi connectivity index (χ3n) is 6.66. The highest BCUT2D eigenvalue weighted by atomic mass is 19.4. The fourth-order valence-corrected chi connectivity index (χ4v) is 4.20. The quantitative estimate of drug-likeness (QED) is 0.127. The Kier molecular flexibility index (Phi) is 13.8. The summed E-state index contributed by atoms with van der Waals surface area (Å²) in [4.78, 5) is 88.6. The Morgan fingerprint density at radius 1 is 0.878 bits per heavy atom. The molecule has 7 N–H and O–H groups in total. The van der Waals surface area contributed by atoms with Crippen LogP contribution >= 0.6 is 0 Å². The van der Waals surface area contributed by atoms with E-state index in [9.17, 15) is 47.0 Å². The van der Waals surface area contributed by atoms with E-state index in [1.807, 2.05) is 18.0 Å². The van der Waals surface area contributed by atoms with Crippen LogP contribution in [0.25, 0.3) is 10.9 Å². The van der Waals surface area contributed by atoms with E-state index in [0.29, 0.717) is 23.3 Å². The summed E-state index contributed by atoms with van der Waals surface area (Å²) < 4.78 is 31.7. The summed E-state index contributed by atoms with van der Waals surface area (Å²) in [6, 6.07) is 8.95. The van der Waals surface area contributed by atoms with Crippen LogP contribution < -0.4 is 21.1 Å². The maximum atomic E-state index is 12.7. The predicted octanol–water partition coefficient (Wildman–Crippen LogP) is 1.90. The number of hydrogen-bond acceptors (Lipinski definition) is 9. The minimum Gasteiger partial charge on any atom is -0.481 e. The van der Waals surface area contributed by atoms with E-state index in [2.05, 4.69) is 20.6 Å². The maximum Gasteiger partial charge on any atom is 0.490 e. The molecule has 0 unspecified atom stereocenters. The third-order valence-corrected chi connectivity index (χ3v) is 6.66. The molecule has 19 heteroatoms. The lowest BCUT2D eigenvalue weighted by molar-refractivity contribution is -0.192. The van der Waals surface area contributed by atoms with Crippen molar-refractivity contribution in [2.45, 2.75) is 57.4 Å². The molecule has 2 atom stereocenters. The van der Waals surface area contributed by atoms with Crippen molar-refractivity contribution in [2.75, 3.05) is 11.9 Å². The second kappa shape index (κ2) is 17.2. The molecule has 49 heavy (non-hydrogen) atoms. The number of rotatable bonds is 14. The zero-order chi connectivity index (χ0) is 37.1. The molecule has 16 nitrogen and oxygen atoms in total. The first-order chi connectivity index (χ1) is 22.8. The second-order valence-electron chi connectivity index (χ2n) is 10.5. The molecule has 2 aromatic carbocycles. The number of aryl methyl sites for hydroxylation is 1. The van der Waals surface area contributed by atoms with Crippen LogP contribution in [0.1, 0.15) is 47.4 Å². The highest BCUT2D eigenvalue weighted by Gasteiger charge is 2.38. The Morgan fingerprint density at radius 2 is 1.43 bits per heavy atom. The lowest BCUT2D eigenvalue weighted by atomic mass is 10.1. The van der Waals surface area contributed by atoms with E-state index in [0.717, 1.165) is 11.3 Å². The number of aromatic nitrogens is 2. The fraction of sp³-hybridized carbons (Fsp3) is 0.333. The molecule has 0 saturated heterocycles. The van der Waals surface area contributed by atoms with Gasteiger partial charge in [0.1, 0.15) is 17.9 Å². The molecule has 0 aliphatic rings. The van der Waals surface area contributed by atoms with Gasteiger partial charge < -0.3 is 40.9 Å². The molecular formula is C30H32F3N5O11. The summed E-state index contributed by atoms with van der Waals surface area (Å²) in [6.45, 7) is 2.16. The van der Waals surface area contributed by atoms with Crippen molar-refractivity contribution < 1.29 is 62.4 Å². The van der Waals surface area contributed by atoms with Crippen LogP contribution in [0.3, 0.4) is 0 Å². The number of amides is 2. The summed E-state index contributed by atoms with van der Waals surface area (Å²) in [5.74, 6) is -7.72. The van der Waals surface area contributed by atoms with Crippen molar-refractivity contribution in [1.29, 1.82) is 0 Å². The van der Waals surface area contributed by atoms with E-state index in [-0.39, 0.29) is 24.0 Å². The fourth-order valence-electron chi connectivity index (χ4n) is 4.20. The van der Waals surface area contributed by atoms with Crippen LogP contribution in [0.15, 0.2) is 47.3 Å². The molecule has 264 valence electrons. The molecule has 3 aromatic rings. The Bertz CT molecular complexity index is 1760. The largest absolute Gasteiger partial charge is 0.490 e. The van der Waals surface area contributed by atoms with Crippen LogP contribution in [-0.2, 0) is 30.5 Å². The number of carbonyl (C=O) groups excluding carboxylic acids is 2. The van der Waals surface area contributed by atoms with Gasteiger partial charge in [-0.2, -0.15) is 13.2 Å². The number of aromatic amines is 1. The molecule has 3 rings (SSSR count). The van der Waals surface area contributed by atoms with Crippen molar-refractivity contribution in [3.05, 3.63) is 69.8 Å². The van der Waals surface area contributed by atoms with E-state index in [1.165, 1.54) is 12.1 Å². The van der Waals surface area contributed by atoms with Gasteiger partial charge >= 0.3 is 30.1 Å². The molecule has 0 fully saturated rings. The van der Waals surface area contributed by atoms with Crippen LogP contribution in [0, 0.1) is 6.92 Å². The molecule has 0 saturated carbocycles. The number of carboxylic acids is 4. The Labute approximate surface area is 274 Å². The molecular weight excluding hydrogens is 663 g/mol. The standard InChI is InChI=1S/C28H31N5O9.C2HF3O2/c1-15-29-20-8-3-16(13-19(20)26(38)30-15)14-33(2)18-6-4-17(5-7-18)25(37)32-22(28(41)42)9-11-23(34)31-21(27(39)40)10-12-24(35)36;3-2(4,5)1(6)7/h3-8,13,21-22H,9-12,14H2,1-2H3,(H,31,34)(H,32,37)(H,35,36)(H,39,40)(H,41,42)(H,29,30,38);(H,6,7)/t21-,22+;/m1./s1. The Hall–Kier alpha value is -6.01. The van der Waals surface area contributed by atoms with Crippen LogP contribution in [0.4, 0.5) is 18.9 Å². The molecule has 0 aliphatic heterocycles. The van der Waals surface area contributed by atoms with Crippen LogP contribution in [0.2, 0.25) is 0 Å². The van der Waals surface area contributed by atoms with Gasteiger partial charge in [0.2, 0.25) is 5.91 Å². The van der Waals surface area contributed by atoms with Gasteiger partial charge in [0.25, 0.3) is 11.5 Å². The van der Waals surface area contributed by atoms with Crippen molar-refractivity contribution in [2.24, 2.45) is 0 Å². The summed E-state index contributed by atoms with van der Waals surface area (Å²) in [7, 11) is 1.83. The van der Waals surface area contributed by atoms with Crippen molar-refractivity contribution in [3.8, 4) is 0 Å². The number of aliphatic carboxylic acids is 4. The lowest BCUT2D eigenvalue weighted by Crippen LogP contribution is -2.44. The Balaban J connectivity index is 0.00000107. The molecule has 0 aliphatic carbocycles. The number of fused-ring (bicyclic) bond motifs is 1. The molecule has 0 radical (unpaired) electrons. The number of nitrogens with one attached hydrogen (secondary N) is 3. The number of benzene rings is 2. The normalized spacial score (nSPS) is 12.1. The van der Waals surface area contributed by atoms with Gasteiger partial charge in [0.15, 0.2) is 0 Å². The summed E-state index contributed by atoms with van der Waals surface area (Å²) >= 11 is 0. The average Bonchev–Trinajstić information content (AvgIpc) is 3.00. The highest BCUT2D eigenvalue weighted by Crippen LogP contribution is 2.19. The van der Waals surface area contributed by atoms with Gasteiger partial charge in [-0.25, -0.2) is 19.4 Å². The van der Waals surface area contributed by atoms with Crippen molar-refractivity contribution in [3.63, 3.8) is 0 Å². The first-order valence-corrected chi connectivity index (χ1v) is 14.2. The minimum absolute atomic E-state index is 0.182. The van der Waals surface area contributed by atoms with E-state index in [1.54, 1.807) is 31.2 Å². The maximum absolute atomic E-state index is 12.7. The van der Waals surface area contributed by atoms with E-state index in [4.69, 9.17) is 20.1 Å². The van der Waals surface area contributed by atoms with Gasteiger partial charge in [0.05, 0.1) is 10.9 Å². The first kappa shape index (κ1) is 39.2. The smallest absolute Gasteiger partial charge is 0.481 e. The van der Waals surface area contributed by atoms with Gasteiger partial charge in [0, 0.05) is 37.7 Å². The molecule has 1 aromatic heterocycles. The van der Waals surface area contributed by atoms with Crippen LogP contribution in [0.5, 0.6) is 0 Å². The number of alkyl halides is 3. The number of carbonyl (C=O) groups is 6. The minimum atomic E-state index is -5.08. The van der Waals surface area contributed by atoms with E-state index < -0.39 is 66.8 Å². The van der Waals surface area contributed by atoms with Crippen molar-refractivity contribution >= 4 is 52.3 Å². The number of hydrogen-bond donors (Lipinski definition) is 7. The average molecular weight is 696 g/mol. The topological polar surface area (TPSA) is 256 Å². The molecule has 0 bridgehead atoms. The number of anilines is 1. The number of nitrogens with zero attached hydrogens (tertiary/aromatic N) is 2. The lowest BCUT2D eigenvalue weighted by Gasteiger charge is -2.20. The number of H-pyrrole nitrogens is 1. The van der Waals surface area contributed by atoms with E-state index >= 15 is 0 Å². The van der Waals surface area contributed by atoms with Crippen LogP contribution in [-0.4, -0.2) is 91.4 Å². The molecule has 2 amide bonds. The zero-order valence-electron chi connectivity index (χ0n) is 25.9. The summed E-state index contributed by atoms with van der Waals surface area (Å²) in [5, 5.41) is 39.5. The summed E-state index contributed by atoms with van der Waals surface area (Å²) in [6.07, 6.45) is -6.61. The predicted molar refractivity (Wildman–Crippen MR) is 164 cm³/mol. The first-order valence-electron chi connectivity index (χ1n) is 14.2. The number of halogens is 3.